The fourth-order valence-corrected chi connectivity index (χ4v) is 2.39. The molecule has 0 saturated heterocycles. The summed E-state index contributed by atoms with van der Waals surface area (Å²) in [6.07, 6.45) is 1.76. The summed E-state index contributed by atoms with van der Waals surface area (Å²) in [5.74, 6) is 0. The molecule has 0 aliphatic heterocycles. The Kier molecular flexibility index (Phi) is 1.82. The van der Waals surface area contributed by atoms with E-state index in [4.69, 9.17) is 5.73 Å². The first-order chi connectivity index (χ1) is 5.75. The van der Waals surface area contributed by atoms with Gasteiger partial charge in [-0.05, 0) is 6.92 Å². The third-order valence-electron chi connectivity index (χ3n) is 1.35. The molecule has 5 heteroatoms. The number of thiazole rings is 2. The first-order valence-electron chi connectivity index (χ1n) is 3.39. The number of aryl methyl sites for hydroxylation is 1. The summed E-state index contributed by atoms with van der Waals surface area (Å²) in [5, 5.41) is 3.62. The van der Waals surface area contributed by atoms with Gasteiger partial charge in [0, 0.05) is 11.1 Å². The highest BCUT2D eigenvalue weighted by molar-refractivity contribution is 7.22. The van der Waals surface area contributed by atoms with Crippen LogP contribution in [0.5, 0.6) is 0 Å². The zero-order chi connectivity index (χ0) is 8.55. The highest BCUT2D eigenvalue weighted by Crippen LogP contribution is 2.29. The van der Waals surface area contributed by atoms with Crippen LogP contribution in [0.1, 0.15) is 5.69 Å². The quantitative estimate of drug-likeness (QED) is 0.762. The summed E-state index contributed by atoms with van der Waals surface area (Å²) in [7, 11) is 0. The Morgan fingerprint density at radius 1 is 1.50 bits per heavy atom. The van der Waals surface area contributed by atoms with E-state index in [1.54, 1.807) is 17.5 Å². The average molecular weight is 197 g/mol. The van der Waals surface area contributed by atoms with Gasteiger partial charge >= 0.3 is 0 Å². The van der Waals surface area contributed by atoms with Crippen molar-refractivity contribution in [2.45, 2.75) is 6.92 Å². The van der Waals surface area contributed by atoms with Crippen molar-refractivity contribution in [1.29, 1.82) is 0 Å². The maximum atomic E-state index is 5.51. The second-order valence-electron chi connectivity index (χ2n) is 2.36. The second-order valence-corrected chi connectivity index (χ2v) is 4.28. The van der Waals surface area contributed by atoms with Crippen LogP contribution >= 0.6 is 22.7 Å². The molecule has 0 bridgehead atoms. The molecule has 62 valence electrons. The molecule has 0 amide bonds. The van der Waals surface area contributed by atoms with Crippen molar-refractivity contribution >= 4 is 27.8 Å². The number of hydrogen-bond donors (Lipinski definition) is 1. The van der Waals surface area contributed by atoms with Crippen molar-refractivity contribution in [3.8, 4) is 9.88 Å². The van der Waals surface area contributed by atoms with Gasteiger partial charge in [-0.2, -0.15) is 0 Å². The van der Waals surface area contributed by atoms with Crippen molar-refractivity contribution in [2.24, 2.45) is 0 Å². The van der Waals surface area contributed by atoms with Gasteiger partial charge in [-0.15, -0.1) is 11.3 Å². The van der Waals surface area contributed by atoms with Gasteiger partial charge in [0.2, 0.25) is 0 Å². The molecule has 0 atom stereocenters. The fraction of sp³-hybridized carbons (Fsp3) is 0.143. The van der Waals surface area contributed by atoms with Gasteiger partial charge in [-0.25, -0.2) is 9.97 Å². The van der Waals surface area contributed by atoms with Gasteiger partial charge in [-0.1, -0.05) is 11.3 Å². The molecule has 12 heavy (non-hydrogen) atoms. The maximum Gasteiger partial charge on any atom is 0.180 e. The van der Waals surface area contributed by atoms with E-state index in [2.05, 4.69) is 9.97 Å². The third-order valence-corrected chi connectivity index (χ3v) is 3.31. The predicted molar refractivity (Wildman–Crippen MR) is 52.4 cm³/mol. The summed E-state index contributed by atoms with van der Waals surface area (Å²) in [4.78, 5) is 9.34. The van der Waals surface area contributed by atoms with Crippen molar-refractivity contribution in [2.75, 3.05) is 5.73 Å². The molecule has 3 nitrogen and oxygen atoms in total. The number of aromatic nitrogens is 2. The number of rotatable bonds is 1. The predicted octanol–water partition coefficient (Wildman–Crippen LogP) is 2.16. The Balaban J connectivity index is 2.43. The monoisotopic (exact) mass is 197 g/mol. The summed E-state index contributed by atoms with van der Waals surface area (Å²) in [5.41, 5.74) is 6.55. The van der Waals surface area contributed by atoms with Crippen LogP contribution in [0, 0.1) is 6.92 Å². The van der Waals surface area contributed by atoms with E-state index >= 15 is 0 Å². The van der Waals surface area contributed by atoms with E-state index in [1.165, 1.54) is 11.3 Å². The minimum Gasteiger partial charge on any atom is -0.375 e. The molecule has 0 aliphatic rings. The number of nitrogens with two attached hydrogens (primary N) is 1. The maximum absolute atomic E-state index is 5.51. The standard InChI is InChI=1S/C7H7N3S2/c1-4-3-11-6(10-4)5-2-9-7(8)12-5/h2-3H,1H3,(H2,8,9). The Labute approximate surface area is 77.9 Å². The molecule has 0 unspecified atom stereocenters. The van der Waals surface area contributed by atoms with E-state index in [0.29, 0.717) is 5.13 Å². The molecule has 0 spiro atoms. The van der Waals surface area contributed by atoms with E-state index in [9.17, 15) is 0 Å². The van der Waals surface area contributed by atoms with Gasteiger partial charge in [-0.3, -0.25) is 0 Å². The number of hydrogen-bond acceptors (Lipinski definition) is 5. The third kappa shape index (κ3) is 1.33. The van der Waals surface area contributed by atoms with Crippen molar-refractivity contribution in [1.82, 2.24) is 9.97 Å². The van der Waals surface area contributed by atoms with Gasteiger partial charge in [0.25, 0.3) is 0 Å². The van der Waals surface area contributed by atoms with Crippen LogP contribution in [0.3, 0.4) is 0 Å². The Morgan fingerprint density at radius 2 is 2.33 bits per heavy atom. The smallest absolute Gasteiger partial charge is 0.180 e. The van der Waals surface area contributed by atoms with Crippen LogP contribution in [-0.4, -0.2) is 9.97 Å². The average Bonchev–Trinajstić information content (AvgIpc) is 2.58. The molecular formula is C7H7N3S2. The fourth-order valence-electron chi connectivity index (χ4n) is 0.854. The Bertz CT molecular complexity index is 353. The summed E-state index contributed by atoms with van der Waals surface area (Å²) in [6, 6.07) is 0. The zero-order valence-corrected chi connectivity index (χ0v) is 8.08. The topological polar surface area (TPSA) is 51.8 Å². The lowest BCUT2D eigenvalue weighted by atomic mass is 10.5. The molecular weight excluding hydrogens is 190 g/mol. The molecule has 0 fully saturated rings. The molecule has 0 aromatic carbocycles. The number of nitrogen functional groups attached to an aromatic ring is 1. The molecule has 2 aromatic rings. The van der Waals surface area contributed by atoms with E-state index in [-0.39, 0.29) is 0 Å². The van der Waals surface area contributed by atoms with Crippen molar-refractivity contribution < 1.29 is 0 Å². The summed E-state index contributed by atoms with van der Waals surface area (Å²) < 4.78 is 0. The minimum atomic E-state index is 0.595. The molecule has 2 aromatic heterocycles. The Hall–Kier alpha value is -0.940. The van der Waals surface area contributed by atoms with Crippen LogP contribution in [0.4, 0.5) is 5.13 Å². The summed E-state index contributed by atoms with van der Waals surface area (Å²) in [6.45, 7) is 1.98. The molecule has 2 heterocycles. The van der Waals surface area contributed by atoms with E-state index in [1.807, 2.05) is 12.3 Å². The normalized spacial score (nSPS) is 10.4. The lowest BCUT2D eigenvalue weighted by molar-refractivity contribution is 1.27. The molecule has 0 aliphatic carbocycles. The SMILES string of the molecule is Cc1csc(-c2cnc(N)s2)n1. The largest absolute Gasteiger partial charge is 0.375 e. The molecule has 0 saturated carbocycles. The van der Waals surface area contributed by atoms with Crippen LogP contribution in [0.25, 0.3) is 9.88 Å². The minimum absolute atomic E-state index is 0.595. The van der Waals surface area contributed by atoms with Crippen molar-refractivity contribution in [3.05, 3.63) is 17.3 Å². The lowest BCUT2D eigenvalue weighted by Gasteiger charge is -1.83. The first-order valence-corrected chi connectivity index (χ1v) is 5.09. The first kappa shape index (κ1) is 7.70. The van der Waals surface area contributed by atoms with Crippen LogP contribution in [0.15, 0.2) is 11.6 Å². The van der Waals surface area contributed by atoms with Gasteiger partial charge in [0.1, 0.15) is 5.01 Å². The van der Waals surface area contributed by atoms with Crippen molar-refractivity contribution in [3.63, 3.8) is 0 Å². The number of anilines is 1. The van der Waals surface area contributed by atoms with E-state index < -0.39 is 0 Å². The van der Waals surface area contributed by atoms with Gasteiger partial charge < -0.3 is 5.73 Å². The second kappa shape index (κ2) is 2.84. The number of nitrogens with zero attached hydrogens (tertiary/aromatic N) is 2. The van der Waals surface area contributed by atoms with E-state index in [0.717, 1.165) is 15.6 Å². The van der Waals surface area contributed by atoms with Gasteiger partial charge in [0.05, 0.1) is 11.1 Å². The molecule has 0 radical (unpaired) electrons. The van der Waals surface area contributed by atoms with Crippen LogP contribution in [-0.2, 0) is 0 Å². The molecule has 2 rings (SSSR count). The molecule has 2 N–H and O–H groups in total. The lowest BCUT2D eigenvalue weighted by Crippen LogP contribution is -1.77. The highest BCUT2D eigenvalue weighted by Gasteiger charge is 2.05. The zero-order valence-electron chi connectivity index (χ0n) is 6.44. The van der Waals surface area contributed by atoms with Crippen LogP contribution in [0.2, 0.25) is 0 Å². The van der Waals surface area contributed by atoms with Crippen LogP contribution < -0.4 is 5.73 Å². The Morgan fingerprint density at radius 3 is 2.83 bits per heavy atom. The van der Waals surface area contributed by atoms with Gasteiger partial charge in [0.15, 0.2) is 5.13 Å². The highest BCUT2D eigenvalue weighted by atomic mass is 32.1. The summed E-state index contributed by atoms with van der Waals surface area (Å²) >= 11 is 3.09.